The third-order valence-corrected chi connectivity index (χ3v) is 6.28. The fourth-order valence-corrected chi connectivity index (χ4v) is 3.35. The van der Waals surface area contributed by atoms with Crippen LogP contribution in [0.3, 0.4) is 0 Å². The van der Waals surface area contributed by atoms with Crippen LogP contribution in [0.1, 0.15) is 81.6 Å². The monoisotopic (exact) mass is 268 g/mol. The molecule has 0 spiro atoms. The molecule has 6 unspecified atom stereocenters. The maximum absolute atomic E-state index is 2.49. The van der Waals surface area contributed by atoms with Crippen LogP contribution in [0.5, 0.6) is 0 Å². The van der Waals surface area contributed by atoms with Crippen LogP contribution in [0.15, 0.2) is 0 Å². The zero-order chi connectivity index (χ0) is 15.2. The molecule has 0 aromatic carbocycles. The van der Waals surface area contributed by atoms with E-state index < -0.39 is 0 Å². The lowest BCUT2D eigenvalue weighted by Gasteiger charge is -2.37. The van der Waals surface area contributed by atoms with Crippen molar-refractivity contribution >= 4 is 0 Å². The van der Waals surface area contributed by atoms with Crippen molar-refractivity contribution < 1.29 is 0 Å². The van der Waals surface area contributed by atoms with Crippen molar-refractivity contribution in [1.82, 2.24) is 0 Å². The maximum atomic E-state index is 2.49. The summed E-state index contributed by atoms with van der Waals surface area (Å²) < 4.78 is 0. The van der Waals surface area contributed by atoms with Gasteiger partial charge in [-0.15, -0.1) is 0 Å². The number of hydrogen-bond donors (Lipinski definition) is 0. The molecule has 19 heavy (non-hydrogen) atoms. The Hall–Kier alpha value is 0. The van der Waals surface area contributed by atoms with Crippen LogP contribution >= 0.6 is 0 Å². The van der Waals surface area contributed by atoms with Crippen LogP contribution in [0.2, 0.25) is 0 Å². The normalized spacial score (nSPS) is 21.8. The molecule has 0 aliphatic rings. The van der Waals surface area contributed by atoms with Crippen LogP contribution in [-0.4, -0.2) is 0 Å². The van der Waals surface area contributed by atoms with Crippen LogP contribution < -0.4 is 0 Å². The Morgan fingerprint density at radius 1 is 0.579 bits per heavy atom. The van der Waals surface area contributed by atoms with Crippen molar-refractivity contribution in [3.05, 3.63) is 0 Å². The molecule has 0 aromatic rings. The minimum Gasteiger partial charge on any atom is -0.0654 e. The van der Waals surface area contributed by atoms with Gasteiger partial charge in [0.2, 0.25) is 0 Å². The van der Waals surface area contributed by atoms with E-state index in [1.807, 2.05) is 0 Å². The molecule has 0 fully saturated rings. The highest BCUT2D eigenvalue weighted by molar-refractivity contribution is 4.79. The van der Waals surface area contributed by atoms with E-state index in [9.17, 15) is 0 Å². The summed E-state index contributed by atoms with van der Waals surface area (Å²) in [5.41, 5.74) is 0. The summed E-state index contributed by atoms with van der Waals surface area (Å²) in [4.78, 5) is 0. The zero-order valence-electron chi connectivity index (χ0n) is 15.2. The van der Waals surface area contributed by atoms with Gasteiger partial charge in [-0.05, 0) is 41.4 Å². The molecule has 6 atom stereocenters. The fourth-order valence-electron chi connectivity index (χ4n) is 3.35. The van der Waals surface area contributed by atoms with E-state index in [1.54, 1.807) is 0 Å². The van der Waals surface area contributed by atoms with Gasteiger partial charge in [0.25, 0.3) is 0 Å². The summed E-state index contributed by atoms with van der Waals surface area (Å²) >= 11 is 0. The molecule has 0 saturated carbocycles. The minimum atomic E-state index is 0.803. The van der Waals surface area contributed by atoms with E-state index in [4.69, 9.17) is 0 Å². The van der Waals surface area contributed by atoms with E-state index in [0.29, 0.717) is 0 Å². The van der Waals surface area contributed by atoms with Crippen molar-refractivity contribution in [2.24, 2.45) is 41.4 Å². The highest BCUT2D eigenvalue weighted by Gasteiger charge is 2.30. The summed E-state index contributed by atoms with van der Waals surface area (Å²) in [5, 5.41) is 0. The predicted octanol–water partition coefficient (Wildman–Crippen LogP) is 6.65. The molecule has 0 rings (SSSR count). The summed E-state index contributed by atoms with van der Waals surface area (Å²) in [7, 11) is 0. The number of rotatable bonds is 9. The van der Waals surface area contributed by atoms with Crippen LogP contribution in [0.4, 0.5) is 0 Å². The lowest BCUT2D eigenvalue weighted by atomic mass is 9.68. The van der Waals surface area contributed by atoms with Gasteiger partial charge in [-0.2, -0.15) is 0 Å². The van der Waals surface area contributed by atoms with Crippen molar-refractivity contribution in [2.75, 3.05) is 0 Å². The first-order chi connectivity index (χ1) is 8.73. The number of hydrogen-bond acceptors (Lipinski definition) is 0. The Morgan fingerprint density at radius 3 is 1.42 bits per heavy atom. The Labute approximate surface area is 123 Å². The van der Waals surface area contributed by atoms with Crippen molar-refractivity contribution in [3.63, 3.8) is 0 Å². The predicted molar refractivity (Wildman–Crippen MR) is 89.3 cm³/mol. The average molecular weight is 269 g/mol. The molecule has 0 nitrogen and oxygen atoms in total. The quantitative estimate of drug-likeness (QED) is 0.439. The van der Waals surface area contributed by atoms with Gasteiger partial charge >= 0.3 is 0 Å². The molecular weight excluding hydrogens is 228 g/mol. The highest BCUT2D eigenvalue weighted by atomic mass is 14.3. The summed E-state index contributed by atoms with van der Waals surface area (Å²) in [6.07, 6.45) is 4.13. The highest BCUT2D eigenvalue weighted by Crippen LogP contribution is 2.37. The molecule has 0 heteroatoms. The average Bonchev–Trinajstić information content (AvgIpc) is 2.40. The standard InChI is InChI=1S/C19H40/c1-10-11-12-14(4)16(6)18(8)19(9)17(7)15(5)13(2)3/h13-19H,10-12H2,1-9H3. The Bertz CT molecular complexity index is 218. The lowest BCUT2D eigenvalue weighted by Crippen LogP contribution is -2.30. The molecule has 0 bridgehead atoms. The largest absolute Gasteiger partial charge is 0.0654 e. The molecule has 0 aliphatic carbocycles. The first-order valence-electron chi connectivity index (χ1n) is 8.73. The van der Waals surface area contributed by atoms with Gasteiger partial charge in [0.05, 0.1) is 0 Å². The fraction of sp³-hybridized carbons (Fsp3) is 1.00. The summed E-state index contributed by atoms with van der Waals surface area (Å²) in [6, 6.07) is 0. The van der Waals surface area contributed by atoms with Gasteiger partial charge < -0.3 is 0 Å². The van der Waals surface area contributed by atoms with Crippen LogP contribution in [0, 0.1) is 41.4 Å². The van der Waals surface area contributed by atoms with E-state index in [2.05, 4.69) is 62.3 Å². The van der Waals surface area contributed by atoms with Gasteiger partial charge in [-0.1, -0.05) is 81.6 Å². The topological polar surface area (TPSA) is 0 Å². The lowest BCUT2D eigenvalue weighted by molar-refractivity contribution is 0.119. The van der Waals surface area contributed by atoms with Crippen molar-refractivity contribution in [1.29, 1.82) is 0 Å². The molecule has 0 heterocycles. The first kappa shape index (κ1) is 19.0. The Kier molecular flexibility index (Phi) is 9.03. The smallest absolute Gasteiger partial charge is 0.0386 e. The molecule has 0 saturated heterocycles. The number of unbranched alkanes of at least 4 members (excludes halogenated alkanes) is 1. The molecule has 0 N–H and O–H groups in total. The Balaban J connectivity index is 4.49. The van der Waals surface area contributed by atoms with Gasteiger partial charge in [0.15, 0.2) is 0 Å². The molecule has 0 aromatic heterocycles. The minimum absolute atomic E-state index is 0.803. The third-order valence-electron chi connectivity index (χ3n) is 6.28. The summed E-state index contributed by atoms with van der Waals surface area (Å²) in [6.45, 7) is 21.8. The first-order valence-corrected chi connectivity index (χ1v) is 8.73. The van der Waals surface area contributed by atoms with E-state index in [1.165, 1.54) is 19.3 Å². The molecule has 0 radical (unpaired) electrons. The maximum Gasteiger partial charge on any atom is -0.0386 e. The SMILES string of the molecule is CCCCC(C)C(C)C(C)C(C)C(C)C(C)C(C)C. The second-order valence-corrected chi connectivity index (χ2v) is 7.66. The summed E-state index contributed by atoms with van der Waals surface area (Å²) in [5.74, 6) is 5.85. The van der Waals surface area contributed by atoms with E-state index in [0.717, 1.165) is 41.4 Å². The van der Waals surface area contributed by atoms with Gasteiger partial charge in [0, 0.05) is 0 Å². The second-order valence-electron chi connectivity index (χ2n) is 7.66. The second kappa shape index (κ2) is 9.03. The molecule has 0 amide bonds. The Morgan fingerprint density at radius 2 is 1.00 bits per heavy atom. The van der Waals surface area contributed by atoms with Crippen LogP contribution in [-0.2, 0) is 0 Å². The van der Waals surface area contributed by atoms with E-state index >= 15 is 0 Å². The molecule has 0 aliphatic heterocycles. The van der Waals surface area contributed by atoms with Gasteiger partial charge in [-0.3, -0.25) is 0 Å². The van der Waals surface area contributed by atoms with Crippen molar-refractivity contribution in [3.8, 4) is 0 Å². The molecular formula is C19H40. The van der Waals surface area contributed by atoms with Gasteiger partial charge in [-0.25, -0.2) is 0 Å². The van der Waals surface area contributed by atoms with Crippen molar-refractivity contribution in [2.45, 2.75) is 81.6 Å². The zero-order valence-corrected chi connectivity index (χ0v) is 15.2. The van der Waals surface area contributed by atoms with Gasteiger partial charge in [0.1, 0.15) is 0 Å². The van der Waals surface area contributed by atoms with E-state index in [-0.39, 0.29) is 0 Å². The third kappa shape index (κ3) is 5.88. The molecule has 116 valence electrons. The van der Waals surface area contributed by atoms with Crippen LogP contribution in [0.25, 0.3) is 0 Å².